The third-order valence-corrected chi connectivity index (χ3v) is 3.86. The third kappa shape index (κ3) is 3.47. The zero-order valence-electron chi connectivity index (χ0n) is 13.5. The van der Waals surface area contributed by atoms with Crippen LogP contribution in [0.4, 0.5) is 11.9 Å². The van der Waals surface area contributed by atoms with Gasteiger partial charge in [0.15, 0.2) is 0 Å². The van der Waals surface area contributed by atoms with E-state index in [1.54, 1.807) is 0 Å². The van der Waals surface area contributed by atoms with E-state index < -0.39 is 0 Å². The number of aliphatic imine (C=N–C) groups is 1. The summed E-state index contributed by atoms with van der Waals surface area (Å²) in [5.74, 6) is 0.759. The SMILES string of the molecule is CCCC1=Nc2nc(NCc3ccc(CC)cc3)nn2C(=O)C1. The van der Waals surface area contributed by atoms with Gasteiger partial charge in [0, 0.05) is 12.3 Å². The average Bonchev–Trinajstić information content (AvgIpc) is 2.97. The predicted octanol–water partition coefficient (Wildman–Crippen LogP) is 3.37. The van der Waals surface area contributed by atoms with Crippen molar-refractivity contribution in [2.45, 2.75) is 46.1 Å². The fourth-order valence-corrected chi connectivity index (χ4v) is 2.56. The van der Waals surface area contributed by atoms with Crippen LogP contribution < -0.4 is 5.32 Å². The number of nitrogens with zero attached hydrogens (tertiary/aromatic N) is 4. The monoisotopic (exact) mass is 311 g/mol. The molecule has 0 atom stereocenters. The number of aromatic nitrogens is 3. The molecule has 0 saturated heterocycles. The molecule has 0 saturated carbocycles. The van der Waals surface area contributed by atoms with E-state index >= 15 is 0 Å². The largest absolute Gasteiger partial charge is 0.349 e. The second kappa shape index (κ2) is 6.73. The van der Waals surface area contributed by atoms with Crippen LogP contribution in [0.25, 0.3) is 0 Å². The van der Waals surface area contributed by atoms with Crippen molar-refractivity contribution >= 4 is 23.5 Å². The molecule has 0 unspecified atom stereocenters. The Labute approximate surface area is 135 Å². The maximum Gasteiger partial charge on any atom is 0.257 e. The Morgan fingerprint density at radius 3 is 2.61 bits per heavy atom. The predicted molar refractivity (Wildman–Crippen MR) is 90.4 cm³/mol. The maximum absolute atomic E-state index is 12.1. The summed E-state index contributed by atoms with van der Waals surface area (Å²) in [6.07, 6.45) is 3.16. The van der Waals surface area contributed by atoms with Crippen LogP contribution in [0.2, 0.25) is 0 Å². The Bertz CT molecular complexity index is 730. The van der Waals surface area contributed by atoms with Gasteiger partial charge in [-0.05, 0) is 24.0 Å². The van der Waals surface area contributed by atoms with Gasteiger partial charge in [-0.2, -0.15) is 9.67 Å². The smallest absolute Gasteiger partial charge is 0.257 e. The number of fused-ring (bicyclic) bond motifs is 1. The molecule has 0 radical (unpaired) electrons. The first kappa shape index (κ1) is 15.4. The Morgan fingerprint density at radius 1 is 1.17 bits per heavy atom. The first-order valence-corrected chi connectivity index (χ1v) is 8.08. The zero-order chi connectivity index (χ0) is 16.2. The number of nitrogens with one attached hydrogen (secondary N) is 1. The first-order valence-electron chi connectivity index (χ1n) is 8.08. The summed E-state index contributed by atoms with van der Waals surface area (Å²) in [5.41, 5.74) is 3.35. The minimum atomic E-state index is -0.0636. The van der Waals surface area contributed by atoms with Crippen molar-refractivity contribution in [3.8, 4) is 0 Å². The van der Waals surface area contributed by atoms with E-state index in [9.17, 15) is 4.79 Å². The van der Waals surface area contributed by atoms with E-state index in [2.05, 4.69) is 58.5 Å². The van der Waals surface area contributed by atoms with Crippen LogP contribution in [0, 0.1) is 0 Å². The van der Waals surface area contributed by atoms with Crippen LogP contribution >= 0.6 is 0 Å². The molecule has 1 aromatic carbocycles. The summed E-state index contributed by atoms with van der Waals surface area (Å²) >= 11 is 0. The molecule has 0 amide bonds. The molecule has 2 heterocycles. The third-order valence-electron chi connectivity index (χ3n) is 3.86. The van der Waals surface area contributed by atoms with Crippen molar-refractivity contribution in [3.63, 3.8) is 0 Å². The van der Waals surface area contributed by atoms with Gasteiger partial charge in [-0.3, -0.25) is 4.79 Å². The second-order valence-electron chi connectivity index (χ2n) is 5.67. The zero-order valence-corrected chi connectivity index (χ0v) is 13.5. The van der Waals surface area contributed by atoms with Crippen LogP contribution in [0.5, 0.6) is 0 Å². The van der Waals surface area contributed by atoms with Gasteiger partial charge in [-0.25, -0.2) is 4.99 Å². The molecule has 6 heteroatoms. The number of carbonyl (C=O) groups excluding carboxylic acids is 1. The minimum absolute atomic E-state index is 0.0636. The molecule has 1 aromatic heterocycles. The fraction of sp³-hybridized carbons (Fsp3) is 0.412. The van der Waals surface area contributed by atoms with Gasteiger partial charge in [0.1, 0.15) is 0 Å². The van der Waals surface area contributed by atoms with Gasteiger partial charge in [-0.15, -0.1) is 5.10 Å². The van der Waals surface area contributed by atoms with Crippen LogP contribution in [0.15, 0.2) is 29.3 Å². The Balaban J connectivity index is 1.70. The lowest BCUT2D eigenvalue weighted by Crippen LogP contribution is -2.21. The van der Waals surface area contributed by atoms with E-state index in [0.717, 1.165) is 30.5 Å². The Hall–Kier alpha value is -2.50. The lowest BCUT2D eigenvalue weighted by atomic mass is 10.1. The summed E-state index contributed by atoms with van der Waals surface area (Å²) in [6.45, 7) is 4.83. The molecular formula is C17H21N5O. The highest BCUT2D eigenvalue weighted by atomic mass is 16.2. The van der Waals surface area contributed by atoms with Gasteiger partial charge in [-0.1, -0.05) is 44.5 Å². The van der Waals surface area contributed by atoms with Crippen LogP contribution in [0.3, 0.4) is 0 Å². The van der Waals surface area contributed by atoms with Crippen LogP contribution in [0.1, 0.15) is 49.0 Å². The van der Waals surface area contributed by atoms with Gasteiger partial charge in [0.2, 0.25) is 5.95 Å². The van der Waals surface area contributed by atoms with Gasteiger partial charge < -0.3 is 5.32 Å². The number of rotatable bonds is 6. The quantitative estimate of drug-likeness (QED) is 0.887. The number of carbonyl (C=O) groups is 1. The summed E-state index contributed by atoms with van der Waals surface area (Å²) in [4.78, 5) is 20.8. The molecule has 1 N–H and O–H groups in total. The highest BCUT2D eigenvalue weighted by molar-refractivity contribution is 6.05. The van der Waals surface area contributed by atoms with E-state index in [-0.39, 0.29) is 5.91 Å². The molecular weight excluding hydrogens is 290 g/mol. The van der Waals surface area contributed by atoms with E-state index in [1.807, 2.05) is 0 Å². The number of hydrogen-bond acceptors (Lipinski definition) is 5. The molecule has 23 heavy (non-hydrogen) atoms. The Morgan fingerprint density at radius 2 is 1.91 bits per heavy atom. The van der Waals surface area contributed by atoms with Crippen molar-refractivity contribution in [2.75, 3.05) is 5.32 Å². The summed E-state index contributed by atoms with van der Waals surface area (Å²) in [6, 6.07) is 8.41. The number of hydrogen-bond donors (Lipinski definition) is 1. The molecule has 1 aliphatic rings. The summed E-state index contributed by atoms with van der Waals surface area (Å²) < 4.78 is 1.29. The van der Waals surface area contributed by atoms with Crippen molar-refractivity contribution in [2.24, 2.45) is 4.99 Å². The average molecular weight is 311 g/mol. The molecule has 0 fully saturated rings. The lowest BCUT2D eigenvalue weighted by molar-refractivity contribution is 0.0905. The molecule has 0 bridgehead atoms. The highest BCUT2D eigenvalue weighted by Gasteiger charge is 2.22. The van der Waals surface area contributed by atoms with E-state index in [1.165, 1.54) is 10.2 Å². The number of benzene rings is 1. The normalized spacial score (nSPS) is 13.7. The van der Waals surface area contributed by atoms with Crippen LogP contribution in [-0.4, -0.2) is 26.4 Å². The molecule has 1 aliphatic heterocycles. The fourth-order valence-electron chi connectivity index (χ4n) is 2.56. The molecule has 6 nitrogen and oxygen atoms in total. The minimum Gasteiger partial charge on any atom is -0.349 e. The molecule has 0 aliphatic carbocycles. The Kier molecular flexibility index (Phi) is 4.50. The highest BCUT2D eigenvalue weighted by Crippen LogP contribution is 2.20. The van der Waals surface area contributed by atoms with Crippen LogP contribution in [-0.2, 0) is 13.0 Å². The first-order chi connectivity index (χ1) is 11.2. The second-order valence-corrected chi connectivity index (χ2v) is 5.67. The number of aryl methyl sites for hydroxylation is 1. The molecule has 0 spiro atoms. The van der Waals surface area contributed by atoms with Crippen molar-refractivity contribution in [1.29, 1.82) is 0 Å². The van der Waals surface area contributed by atoms with E-state index in [4.69, 9.17) is 0 Å². The standard InChI is InChI=1S/C17H21N5O/c1-3-5-14-10-15(23)22-17(19-14)20-16(21-22)18-11-13-8-6-12(4-2)7-9-13/h6-9H,3-5,10-11H2,1-2H3,(H,18,21). The maximum atomic E-state index is 12.1. The van der Waals surface area contributed by atoms with Gasteiger partial charge in [0.05, 0.1) is 6.42 Å². The molecule has 2 aromatic rings. The van der Waals surface area contributed by atoms with Crippen molar-refractivity contribution in [1.82, 2.24) is 14.8 Å². The van der Waals surface area contributed by atoms with Gasteiger partial charge in [0.25, 0.3) is 11.9 Å². The van der Waals surface area contributed by atoms with Crippen molar-refractivity contribution in [3.05, 3.63) is 35.4 Å². The summed E-state index contributed by atoms with van der Waals surface area (Å²) in [7, 11) is 0. The van der Waals surface area contributed by atoms with Crippen molar-refractivity contribution < 1.29 is 4.79 Å². The molecule has 120 valence electrons. The molecule has 3 rings (SSSR count). The topological polar surface area (TPSA) is 72.2 Å². The summed E-state index contributed by atoms with van der Waals surface area (Å²) in [5, 5.41) is 7.37. The van der Waals surface area contributed by atoms with Gasteiger partial charge >= 0.3 is 0 Å². The lowest BCUT2D eigenvalue weighted by Gasteiger charge is -2.09. The number of anilines is 1. The van der Waals surface area contributed by atoms with E-state index in [0.29, 0.717) is 24.9 Å².